The maximum atomic E-state index is 11.7. The molecule has 0 bridgehead atoms. The van der Waals surface area contributed by atoms with Crippen molar-refractivity contribution < 1.29 is 13.2 Å². The Bertz CT molecular complexity index is 499. The number of para-hydroxylation sites is 1. The van der Waals surface area contributed by atoms with E-state index in [0.29, 0.717) is 19.6 Å². The SMILES string of the molecule is CCCCS(=O)(=O)NCC1COc2ccccc21. The molecule has 0 saturated carbocycles. The zero-order chi connectivity index (χ0) is 13.0. The Morgan fingerprint density at radius 3 is 2.94 bits per heavy atom. The highest BCUT2D eigenvalue weighted by Gasteiger charge is 2.24. The molecule has 0 aliphatic carbocycles. The summed E-state index contributed by atoms with van der Waals surface area (Å²) in [6.45, 7) is 2.95. The Morgan fingerprint density at radius 1 is 1.39 bits per heavy atom. The fourth-order valence-electron chi connectivity index (χ4n) is 2.03. The average molecular weight is 269 g/mol. The monoisotopic (exact) mass is 269 g/mol. The van der Waals surface area contributed by atoms with Crippen LogP contribution in [-0.2, 0) is 10.0 Å². The quantitative estimate of drug-likeness (QED) is 0.858. The number of benzene rings is 1. The van der Waals surface area contributed by atoms with Gasteiger partial charge in [-0.2, -0.15) is 0 Å². The summed E-state index contributed by atoms with van der Waals surface area (Å²) in [5.41, 5.74) is 1.09. The minimum atomic E-state index is -3.14. The first kappa shape index (κ1) is 13.4. The summed E-state index contributed by atoms with van der Waals surface area (Å²) in [5.74, 6) is 1.20. The van der Waals surface area contributed by atoms with Gasteiger partial charge in [-0.05, 0) is 12.5 Å². The first-order valence-corrected chi connectivity index (χ1v) is 7.96. The average Bonchev–Trinajstić information content (AvgIpc) is 2.78. The van der Waals surface area contributed by atoms with Gasteiger partial charge in [0.25, 0.3) is 0 Å². The van der Waals surface area contributed by atoms with Gasteiger partial charge in [0.05, 0.1) is 12.4 Å². The van der Waals surface area contributed by atoms with Gasteiger partial charge in [-0.3, -0.25) is 0 Å². The van der Waals surface area contributed by atoms with Crippen LogP contribution in [-0.4, -0.2) is 27.3 Å². The molecule has 0 amide bonds. The number of rotatable bonds is 6. The summed E-state index contributed by atoms with van der Waals surface area (Å²) in [7, 11) is -3.14. The Balaban J connectivity index is 1.93. The molecule has 1 aromatic rings. The second kappa shape index (κ2) is 5.71. The Morgan fingerprint density at radius 2 is 2.17 bits per heavy atom. The molecule has 4 nitrogen and oxygen atoms in total. The summed E-state index contributed by atoms with van der Waals surface area (Å²) < 4.78 is 31.6. The van der Waals surface area contributed by atoms with Crippen molar-refractivity contribution in [3.63, 3.8) is 0 Å². The lowest BCUT2D eigenvalue weighted by Gasteiger charge is -2.10. The maximum Gasteiger partial charge on any atom is 0.211 e. The molecular formula is C13H19NO3S. The molecule has 0 spiro atoms. The fraction of sp³-hybridized carbons (Fsp3) is 0.538. The van der Waals surface area contributed by atoms with Crippen LogP contribution in [0.3, 0.4) is 0 Å². The molecule has 0 fully saturated rings. The molecule has 5 heteroatoms. The number of nitrogens with one attached hydrogen (secondary N) is 1. The van der Waals surface area contributed by atoms with Crippen molar-refractivity contribution in [1.29, 1.82) is 0 Å². The van der Waals surface area contributed by atoms with Crippen LogP contribution in [0.25, 0.3) is 0 Å². The van der Waals surface area contributed by atoms with Crippen LogP contribution in [0, 0.1) is 0 Å². The molecule has 2 rings (SSSR count). The standard InChI is InChI=1S/C13H19NO3S/c1-2-3-8-18(15,16)14-9-11-10-17-13-7-5-4-6-12(11)13/h4-7,11,14H,2-3,8-10H2,1H3. The summed E-state index contributed by atoms with van der Waals surface area (Å²) in [5, 5.41) is 0. The van der Waals surface area contributed by atoms with Crippen molar-refractivity contribution in [1.82, 2.24) is 4.72 Å². The van der Waals surface area contributed by atoms with E-state index in [2.05, 4.69) is 4.72 Å². The topological polar surface area (TPSA) is 55.4 Å². The number of hydrogen-bond donors (Lipinski definition) is 1. The highest BCUT2D eigenvalue weighted by molar-refractivity contribution is 7.89. The summed E-state index contributed by atoms with van der Waals surface area (Å²) in [6, 6.07) is 7.78. The lowest BCUT2D eigenvalue weighted by molar-refractivity contribution is 0.330. The minimum absolute atomic E-state index is 0.123. The van der Waals surface area contributed by atoms with E-state index >= 15 is 0 Å². The van der Waals surface area contributed by atoms with Crippen LogP contribution in [0.15, 0.2) is 24.3 Å². The van der Waals surface area contributed by atoms with E-state index in [4.69, 9.17) is 4.74 Å². The van der Waals surface area contributed by atoms with Crippen LogP contribution in [0.1, 0.15) is 31.2 Å². The number of unbranched alkanes of at least 4 members (excludes halogenated alkanes) is 1. The van der Waals surface area contributed by atoms with Gasteiger partial charge in [0, 0.05) is 18.0 Å². The summed E-state index contributed by atoms with van der Waals surface area (Å²) in [6.07, 6.45) is 1.59. The number of ether oxygens (including phenoxy) is 1. The highest BCUT2D eigenvalue weighted by atomic mass is 32.2. The van der Waals surface area contributed by atoms with Crippen molar-refractivity contribution in [3.8, 4) is 5.75 Å². The normalized spacial score (nSPS) is 18.4. The molecule has 1 aliphatic rings. The van der Waals surface area contributed by atoms with E-state index in [1.54, 1.807) is 0 Å². The molecule has 1 atom stereocenters. The second-order valence-electron chi connectivity index (χ2n) is 4.57. The van der Waals surface area contributed by atoms with E-state index in [0.717, 1.165) is 17.7 Å². The van der Waals surface area contributed by atoms with Crippen molar-refractivity contribution in [2.24, 2.45) is 0 Å². The Kier molecular flexibility index (Phi) is 4.24. The molecule has 1 N–H and O–H groups in total. The van der Waals surface area contributed by atoms with Gasteiger partial charge in [-0.15, -0.1) is 0 Å². The summed E-state index contributed by atoms with van der Waals surface area (Å²) >= 11 is 0. The van der Waals surface area contributed by atoms with E-state index < -0.39 is 10.0 Å². The van der Waals surface area contributed by atoms with E-state index in [1.165, 1.54) is 0 Å². The first-order valence-electron chi connectivity index (χ1n) is 6.31. The van der Waals surface area contributed by atoms with Gasteiger partial charge >= 0.3 is 0 Å². The third-order valence-electron chi connectivity index (χ3n) is 3.12. The molecule has 18 heavy (non-hydrogen) atoms. The van der Waals surface area contributed by atoms with Crippen LogP contribution < -0.4 is 9.46 Å². The third kappa shape index (κ3) is 3.23. The predicted molar refractivity (Wildman–Crippen MR) is 71.4 cm³/mol. The minimum Gasteiger partial charge on any atom is -0.493 e. The number of hydrogen-bond acceptors (Lipinski definition) is 3. The molecule has 1 heterocycles. The molecule has 100 valence electrons. The first-order chi connectivity index (χ1) is 8.62. The molecule has 0 saturated heterocycles. The van der Waals surface area contributed by atoms with Gasteiger partial charge in [0.2, 0.25) is 10.0 Å². The van der Waals surface area contributed by atoms with E-state index in [-0.39, 0.29) is 11.7 Å². The van der Waals surface area contributed by atoms with Gasteiger partial charge < -0.3 is 4.74 Å². The zero-order valence-corrected chi connectivity index (χ0v) is 11.4. The molecule has 1 unspecified atom stereocenters. The predicted octanol–water partition coefficient (Wildman–Crippen LogP) is 1.88. The largest absolute Gasteiger partial charge is 0.493 e. The summed E-state index contributed by atoms with van der Waals surface area (Å²) in [4.78, 5) is 0. The van der Waals surface area contributed by atoms with Crippen LogP contribution in [0.2, 0.25) is 0 Å². The van der Waals surface area contributed by atoms with Crippen molar-refractivity contribution >= 4 is 10.0 Å². The molecule has 1 aliphatic heterocycles. The maximum absolute atomic E-state index is 11.7. The van der Waals surface area contributed by atoms with Crippen molar-refractivity contribution in [2.75, 3.05) is 18.9 Å². The highest BCUT2D eigenvalue weighted by Crippen LogP contribution is 2.32. The van der Waals surface area contributed by atoms with Gasteiger partial charge in [0.15, 0.2) is 0 Å². The van der Waals surface area contributed by atoms with E-state index in [1.807, 2.05) is 31.2 Å². The van der Waals surface area contributed by atoms with E-state index in [9.17, 15) is 8.42 Å². The molecule has 0 aromatic heterocycles. The fourth-order valence-corrected chi connectivity index (χ4v) is 3.30. The van der Waals surface area contributed by atoms with Gasteiger partial charge in [-0.1, -0.05) is 31.5 Å². The van der Waals surface area contributed by atoms with Crippen LogP contribution in [0.4, 0.5) is 0 Å². The Labute approximate surface area is 108 Å². The number of fused-ring (bicyclic) bond motifs is 1. The molecule has 1 aromatic carbocycles. The van der Waals surface area contributed by atoms with Crippen molar-refractivity contribution in [3.05, 3.63) is 29.8 Å². The van der Waals surface area contributed by atoms with Gasteiger partial charge in [-0.25, -0.2) is 13.1 Å². The smallest absolute Gasteiger partial charge is 0.211 e. The Hall–Kier alpha value is -1.07. The molecule has 0 radical (unpaired) electrons. The van der Waals surface area contributed by atoms with Crippen molar-refractivity contribution in [2.45, 2.75) is 25.7 Å². The van der Waals surface area contributed by atoms with Gasteiger partial charge in [0.1, 0.15) is 5.75 Å². The zero-order valence-electron chi connectivity index (χ0n) is 10.6. The lowest BCUT2D eigenvalue weighted by Crippen LogP contribution is -2.31. The lowest BCUT2D eigenvalue weighted by atomic mass is 10.0. The van der Waals surface area contributed by atoms with Crippen LogP contribution in [0.5, 0.6) is 5.75 Å². The third-order valence-corrected chi connectivity index (χ3v) is 4.55. The molecular weight excluding hydrogens is 250 g/mol. The second-order valence-corrected chi connectivity index (χ2v) is 6.49. The van der Waals surface area contributed by atoms with Crippen LogP contribution >= 0.6 is 0 Å². The number of sulfonamides is 1.